The molecule has 0 aliphatic rings. The molecule has 0 fully saturated rings. The van der Waals surface area contributed by atoms with E-state index in [1.165, 1.54) is 6.08 Å². The number of methoxy groups -OCH3 is 1. The van der Waals surface area contributed by atoms with Crippen molar-refractivity contribution in [3.63, 3.8) is 0 Å². The first-order chi connectivity index (χ1) is 19.3. The highest BCUT2D eigenvalue weighted by Crippen LogP contribution is 2.30. The van der Waals surface area contributed by atoms with E-state index in [9.17, 15) is 14.4 Å². The standard InChI is InChI=1S/C32H32O8/c1-5-30(33)38-21-7-6-20-37-27-15-11-25(12-16-27)32(35)40-29-18-17-28(22(2)23(29)3)39-31(34)19-10-24-8-13-26(36-4)14-9-24/h5,8-19H,1,6-7,20-21H2,2-4H3. The van der Waals surface area contributed by atoms with Crippen LogP contribution in [0.1, 0.15) is 39.9 Å². The summed E-state index contributed by atoms with van der Waals surface area (Å²) in [5, 5.41) is 0. The molecule has 40 heavy (non-hydrogen) atoms. The Balaban J connectivity index is 1.51. The lowest BCUT2D eigenvalue weighted by molar-refractivity contribution is -0.137. The number of unbranched alkanes of at least 4 members (excludes halogenated alkanes) is 1. The molecule has 0 N–H and O–H groups in total. The first-order valence-corrected chi connectivity index (χ1v) is 12.7. The fourth-order valence-electron chi connectivity index (χ4n) is 3.49. The number of carbonyl (C=O) groups is 3. The van der Waals surface area contributed by atoms with Crippen molar-refractivity contribution in [2.24, 2.45) is 0 Å². The van der Waals surface area contributed by atoms with Gasteiger partial charge in [0.2, 0.25) is 0 Å². The van der Waals surface area contributed by atoms with Gasteiger partial charge in [0.05, 0.1) is 25.9 Å². The average molecular weight is 545 g/mol. The fourth-order valence-corrected chi connectivity index (χ4v) is 3.49. The Hall–Kier alpha value is -4.85. The number of benzene rings is 3. The Morgan fingerprint density at radius 2 is 1.35 bits per heavy atom. The number of hydrogen-bond donors (Lipinski definition) is 0. The van der Waals surface area contributed by atoms with Gasteiger partial charge in [-0.15, -0.1) is 0 Å². The van der Waals surface area contributed by atoms with Crippen molar-refractivity contribution in [1.82, 2.24) is 0 Å². The van der Waals surface area contributed by atoms with Gasteiger partial charge in [-0.1, -0.05) is 18.7 Å². The maximum Gasteiger partial charge on any atom is 0.343 e. The van der Waals surface area contributed by atoms with Gasteiger partial charge in [0.15, 0.2) is 0 Å². The Labute approximate surface area is 233 Å². The van der Waals surface area contributed by atoms with Crippen molar-refractivity contribution in [2.75, 3.05) is 20.3 Å². The summed E-state index contributed by atoms with van der Waals surface area (Å²) < 4.78 is 26.8. The van der Waals surface area contributed by atoms with Crippen LogP contribution in [0.25, 0.3) is 6.08 Å². The van der Waals surface area contributed by atoms with Crippen LogP contribution in [0, 0.1) is 13.8 Å². The molecule has 8 nitrogen and oxygen atoms in total. The molecule has 3 aromatic rings. The second-order valence-corrected chi connectivity index (χ2v) is 8.68. The van der Waals surface area contributed by atoms with E-state index < -0.39 is 17.9 Å². The van der Waals surface area contributed by atoms with Gasteiger partial charge >= 0.3 is 17.9 Å². The molecule has 0 saturated carbocycles. The SMILES string of the molecule is C=CC(=O)OCCCCOc1ccc(C(=O)Oc2ccc(OC(=O)C=Cc3ccc(OC)cc3)c(C)c2C)cc1. The lowest BCUT2D eigenvalue weighted by atomic mass is 10.1. The monoisotopic (exact) mass is 544 g/mol. The summed E-state index contributed by atoms with van der Waals surface area (Å²) in [6.45, 7) is 7.68. The Kier molecular flexibility index (Phi) is 11.1. The van der Waals surface area contributed by atoms with Crippen LogP contribution in [0.2, 0.25) is 0 Å². The zero-order valence-corrected chi connectivity index (χ0v) is 22.8. The Morgan fingerprint density at radius 3 is 1.98 bits per heavy atom. The lowest BCUT2D eigenvalue weighted by Gasteiger charge is -2.13. The molecule has 0 spiro atoms. The maximum atomic E-state index is 12.7. The van der Waals surface area contributed by atoms with Crippen molar-refractivity contribution in [3.8, 4) is 23.0 Å². The largest absolute Gasteiger partial charge is 0.497 e. The summed E-state index contributed by atoms with van der Waals surface area (Å²) in [6.07, 6.45) is 5.50. The van der Waals surface area contributed by atoms with Gasteiger partial charge < -0.3 is 23.7 Å². The zero-order valence-electron chi connectivity index (χ0n) is 22.8. The first kappa shape index (κ1) is 29.7. The number of hydrogen-bond acceptors (Lipinski definition) is 8. The molecule has 0 aromatic heterocycles. The summed E-state index contributed by atoms with van der Waals surface area (Å²) in [5.41, 5.74) is 2.55. The summed E-state index contributed by atoms with van der Waals surface area (Å²) in [5.74, 6) is 0.593. The van der Waals surface area contributed by atoms with E-state index in [1.54, 1.807) is 75.6 Å². The molecule has 3 rings (SSSR count). The highest BCUT2D eigenvalue weighted by Gasteiger charge is 2.15. The molecule has 0 aliphatic heterocycles. The minimum atomic E-state index is -0.526. The summed E-state index contributed by atoms with van der Waals surface area (Å²) in [6, 6.07) is 17.1. The molecule has 0 aliphatic carbocycles. The molecular formula is C32H32O8. The topological polar surface area (TPSA) is 97.4 Å². The number of carbonyl (C=O) groups excluding carboxylic acids is 3. The molecule has 0 amide bonds. The van der Waals surface area contributed by atoms with E-state index in [0.717, 1.165) is 17.4 Å². The second kappa shape index (κ2) is 14.9. The highest BCUT2D eigenvalue weighted by atomic mass is 16.5. The number of rotatable bonds is 13. The maximum absolute atomic E-state index is 12.7. The van der Waals surface area contributed by atoms with Crippen LogP contribution in [-0.2, 0) is 14.3 Å². The van der Waals surface area contributed by atoms with Gasteiger partial charge in [0.25, 0.3) is 0 Å². The number of ether oxygens (including phenoxy) is 5. The van der Waals surface area contributed by atoms with Crippen molar-refractivity contribution in [1.29, 1.82) is 0 Å². The first-order valence-electron chi connectivity index (χ1n) is 12.7. The fraction of sp³-hybridized carbons (Fsp3) is 0.219. The molecular weight excluding hydrogens is 512 g/mol. The molecule has 0 unspecified atom stereocenters. The number of esters is 3. The van der Waals surface area contributed by atoms with Crippen molar-refractivity contribution >= 4 is 24.0 Å². The van der Waals surface area contributed by atoms with Crippen LogP contribution in [0.3, 0.4) is 0 Å². The zero-order chi connectivity index (χ0) is 28.9. The highest BCUT2D eigenvalue weighted by molar-refractivity contribution is 5.91. The van der Waals surface area contributed by atoms with Crippen molar-refractivity contribution < 1.29 is 38.1 Å². The van der Waals surface area contributed by atoms with Crippen LogP contribution in [-0.4, -0.2) is 38.2 Å². The summed E-state index contributed by atoms with van der Waals surface area (Å²) in [7, 11) is 1.59. The van der Waals surface area contributed by atoms with Gasteiger partial charge in [0.1, 0.15) is 23.0 Å². The van der Waals surface area contributed by atoms with E-state index in [0.29, 0.717) is 60.0 Å². The minimum absolute atomic E-state index is 0.308. The molecule has 8 heteroatoms. The van der Waals surface area contributed by atoms with E-state index in [4.69, 9.17) is 23.7 Å². The van der Waals surface area contributed by atoms with Gasteiger partial charge in [-0.25, -0.2) is 14.4 Å². The smallest absolute Gasteiger partial charge is 0.343 e. The van der Waals surface area contributed by atoms with Crippen LogP contribution in [0.5, 0.6) is 23.0 Å². The van der Waals surface area contributed by atoms with E-state index in [1.807, 2.05) is 12.1 Å². The van der Waals surface area contributed by atoms with E-state index in [2.05, 4.69) is 6.58 Å². The predicted octanol–water partition coefficient (Wildman–Crippen LogP) is 6.04. The molecule has 208 valence electrons. The summed E-state index contributed by atoms with van der Waals surface area (Å²) >= 11 is 0. The second-order valence-electron chi connectivity index (χ2n) is 8.68. The third-order valence-electron chi connectivity index (χ3n) is 5.94. The molecule has 0 heterocycles. The Morgan fingerprint density at radius 1 is 0.750 bits per heavy atom. The summed E-state index contributed by atoms with van der Waals surface area (Å²) in [4.78, 5) is 36.1. The van der Waals surface area contributed by atoms with Gasteiger partial charge in [-0.2, -0.15) is 0 Å². The van der Waals surface area contributed by atoms with Crippen molar-refractivity contribution in [2.45, 2.75) is 26.7 Å². The van der Waals surface area contributed by atoms with Crippen LogP contribution in [0.4, 0.5) is 0 Å². The van der Waals surface area contributed by atoms with Crippen molar-refractivity contribution in [3.05, 3.63) is 102 Å². The van der Waals surface area contributed by atoms with Gasteiger partial charge in [-0.3, -0.25) is 0 Å². The molecule has 0 saturated heterocycles. The molecule has 0 radical (unpaired) electrons. The van der Waals surface area contributed by atoms with Crippen LogP contribution in [0.15, 0.2) is 79.4 Å². The molecule has 0 bridgehead atoms. The van der Waals surface area contributed by atoms with Crippen LogP contribution >= 0.6 is 0 Å². The van der Waals surface area contributed by atoms with Crippen LogP contribution < -0.4 is 18.9 Å². The normalized spacial score (nSPS) is 10.6. The average Bonchev–Trinajstić information content (AvgIpc) is 2.98. The predicted molar refractivity (Wildman–Crippen MR) is 151 cm³/mol. The molecule has 3 aromatic carbocycles. The van der Waals surface area contributed by atoms with E-state index >= 15 is 0 Å². The Bertz CT molecular complexity index is 1350. The van der Waals surface area contributed by atoms with Gasteiger partial charge in [-0.05, 0) is 98.0 Å². The van der Waals surface area contributed by atoms with Gasteiger partial charge in [0, 0.05) is 12.2 Å². The molecule has 0 atom stereocenters. The van der Waals surface area contributed by atoms with E-state index in [-0.39, 0.29) is 0 Å². The lowest BCUT2D eigenvalue weighted by Crippen LogP contribution is -2.11. The quantitative estimate of drug-likeness (QED) is 0.111. The minimum Gasteiger partial charge on any atom is -0.497 e. The third-order valence-corrected chi connectivity index (χ3v) is 5.94. The third kappa shape index (κ3) is 8.87.